The minimum absolute atomic E-state index is 0.0368. The lowest BCUT2D eigenvalue weighted by atomic mass is 9.98. The van der Waals surface area contributed by atoms with Crippen LogP contribution >= 0.6 is 0 Å². The van der Waals surface area contributed by atoms with Crippen LogP contribution in [0.3, 0.4) is 0 Å². The zero-order valence-electron chi connectivity index (χ0n) is 13.9. The lowest BCUT2D eigenvalue weighted by molar-refractivity contribution is -0.453. The molecule has 0 unspecified atom stereocenters. The summed E-state index contributed by atoms with van der Waals surface area (Å²) < 4.78 is 10.5. The second kappa shape index (κ2) is 9.12. The largest absolute Gasteiger partial charge is 0.543 e. The van der Waals surface area contributed by atoms with Gasteiger partial charge in [0, 0.05) is 0 Å². The zero-order valence-corrected chi connectivity index (χ0v) is 13.9. The molecule has 2 rings (SSSR count). The highest BCUT2D eigenvalue weighted by Gasteiger charge is 2.20. The number of benzene rings is 1. The number of rotatable bonds is 6. The Labute approximate surface area is 140 Å². The van der Waals surface area contributed by atoms with E-state index in [9.17, 15) is 9.59 Å². The fourth-order valence-electron chi connectivity index (χ4n) is 2.40. The van der Waals surface area contributed by atoms with E-state index in [2.05, 4.69) is 14.8 Å². The molecule has 0 aromatic heterocycles. The van der Waals surface area contributed by atoms with Crippen molar-refractivity contribution in [1.29, 1.82) is 0 Å². The van der Waals surface area contributed by atoms with Crippen LogP contribution in [-0.2, 0) is 19.6 Å². The Morgan fingerprint density at radius 1 is 1.00 bits per heavy atom. The van der Waals surface area contributed by atoms with Crippen LogP contribution in [-0.4, -0.2) is 24.3 Å². The third-order valence-electron chi connectivity index (χ3n) is 3.49. The van der Waals surface area contributed by atoms with Gasteiger partial charge in [-0.15, -0.1) is 0 Å². The minimum Gasteiger partial charge on any atom is -0.491 e. The van der Waals surface area contributed by atoms with Gasteiger partial charge in [0.15, 0.2) is 0 Å². The number of hydrogen-bond acceptors (Lipinski definition) is 7. The van der Waals surface area contributed by atoms with Gasteiger partial charge in [0.25, 0.3) is 0 Å². The van der Waals surface area contributed by atoms with Crippen LogP contribution in [0, 0.1) is 0 Å². The van der Waals surface area contributed by atoms with Crippen molar-refractivity contribution < 1.29 is 33.9 Å². The molecule has 1 aliphatic carbocycles. The van der Waals surface area contributed by atoms with E-state index >= 15 is 0 Å². The van der Waals surface area contributed by atoms with Gasteiger partial charge < -0.3 is 9.47 Å². The first-order valence-electron chi connectivity index (χ1n) is 8.07. The molecule has 7 heteroatoms. The summed E-state index contributed by atoms with van der Waals surface area (Å²) in [5.74, 6) is -0.161. The summed E-state index contributed by atoms with van der Waals surface area (Å²) in [6.45, 7) is 3.81. The van der Waals surface area contributed by atoms with Crippen molar-refractivity contribution in [1.82, 2.24) is 0 Å². The topological polar surface area (TPSA) is 80.3 Å². The lowest BCUT2D eigenvalue weighted by Crippen LogP contribution is -2.22. The van der Waals surface area contributed by atoms with Crippen LogP contribution in [0.4, 0.5) is 4.79 Å². The Hall–Kier alpha value is -2.28. The highest BCUT2D eigenvalue weighted by Crippen LogP contribution is 2.20. The van der Waals surface area contributed by atoms with Gasteiger partial charge in [-0.3, -0.25) is 4.89 Å². The van der Waals surface area contributed by atoms with Gasteiger partial charge in [0.2, 0.25) is 0 Å². The molecule has 0 amide bonds. The van der Waals surface area contributed by atoms with Crippen molar-refractivity contribution in [2.45, 2.75) is 58.2 Å². The highest BCUT2D eigenvalue weighted by molar-refractivity contribution is 5.89. The maximum Gasteiger partial charge on any atom is 0.543 e. The van der Waals surface area contributed by atoms with E-state index in [4.69, 9.17) is 9.47 Å². The Morgan fingerprint density at radius 2 is 1.67 bits per heavy atom. The molecule has 7 nitrogen and oxygen atoms in total. The molecule has 1 saturated carbocycles. The van der Waals surface area contributed by atoms with E-state index in [1.165, 1.54) is 12.1 Å². The van der Waals surface area contributed by atoms with Crippen molar-refractivity contribution >= 4 is 12.1 Å². The first-order valence-corrected chi connectivity index (χ1v) is 8.07. The van der Waals surface area contributed by atoms with E-state index in [-0.39, 0.29) is 17.8 Å². The van der Waals surface area contributed by atoms with Gasteiger partial charge in [0.1, 0.15) is 11.9 Å². The summed E-state index contributed by atoms with van der Waals surface area (Å²) in [4.78, 5) is 31.8. The monoisotopic (exact) mass is 338 g/mol. The van der Waals surface area contributed by atoms with Gasteiger partial charge >= 0.3 is 12.1 Å². The molecule has 0 bridgehead atoms. The predicted octanol–water partition coefficient (Wildman–Crippen LogP) is 3.96. The van der Waals surface area contributed by atoms with Crippen molar-refractivity contribution in [3.05, 3.63) is 29.8 Å². The number of carbonyl (C=O) groups excluding carboxylic acids is 2. The molecular formula is C17H22O7. The Kier molecular flexibility index (Phi) is 6.87. The summed E-state index contributed by atoms with van der Waals surface area (Å²) in [6.07, 6.45) is 3.64. The quantitative estimate of drug-likeness (QED) is 0.441. The molecular weight excluding hydrogens is 316 g/mol. The van der Waals surface area contributed by atoms with Crippen LogP contribution in [0.5, 0.6) is 5.75 Å². The first kappa shape index (κ1) is 18.1. The molecule has 0 aliphatic heterocycles. The van der Waals surface area contributed by atoms with E-state index in [1.54, 1.807) is 12.1 Å². The maximum absolute atomic E-state index is 11.7. The average Bonchev–Trinajstić information content (AvgIpc) is 2.55. The fraction of sp³-hybridized carbons (Fsp3) is 0.529. The Bertz CT molecular complexity index is 532. The van der Waals surface area contributed by atoms with Gasteiger partial charge in [-0.2, -0.15) is 0 Å². The van der Waals surface area contributed by atoms with E-state index in [0.717, 1.165) is 32.1 Å². The third-order valence-corrected chi connectivity index (χ3v) is 3.49. The molecule has 0 heterocycles. The second-order valence-electron chi connectivity index (χ2n) is 5.84. The first-order chi connectivity index (χ1) is 11.5. The molecule has 1 aliphatic rings. The van der Waals surface area contributed by atoms with Gasteiger partial charge in [-0.25, -0.2) is 14.5 Å². The predicted molar refractivity (Wildman–Crippen MR) is 83.1 cm³/mol. The van der Waals surface area contributed by atoms with Crippen molar-refractivity contribution in [2.24, 2.45) is 0 Å². The summed E-state index contributed by atoms with van der Waals surface area (Å²) in [6, 6.07) is 6.30. The number of hydrogen-bond donors (Lipinski definition) is 0. The fourth-order valence-corrected chi connectivity index (χ4v) is 2.40. The van der Waals surface area contributed by atoms with Crippen molar-refractivity contribution in [2.75, 3.05) is 0 Å². The van der Waals surface area contributed by atoms with Gasteiger partial charge in [-0.05, 0) is 63.8 Å². The number of carbonyl (C=O) groups is 2. The molecule has 0 radical (unpaired) electrons. The molecule has 1 fully saturated rings. The van der Waals surface area contributed by atoms with Crippen LogP contribution in [0.15, 0.2) is 24.3 Å². The third kappa shape index (κ3) is 6.08. The average molecular weight is 338 g/mol. The van der Waals surface area contributed by atoms with Gasteiger partial charge in [-0.1, -0.05) is 6.42 Å². The minimum atomic E-state index is -1.02. The smallest absolute Gasteiger partial charge is 0.491 e. The second-order valence-corrected chi connectivity index (χ2v) is 5.84. The Morgan fingerprint density at radius 3 is 2.29 bits per heavy atom. The maximum atomic E-state index is 11.7. The zero-order chi connectivity index (χ0) is 17.4. The van der Waals surface area contributed by atoms with E-state index < -0.39 is 12.1 Å². The van der Waals surface area contributed by atoms with Crippen LogP contribution in [0.25, 0.3) is 0 Å². The van der Waals surface area contributed by atoms with Crippen LogP contribution in [0.2, 0.25) is 0 Å². The number of ether oxygens (including phenoxy) is 2. The summed E-state index contributed by atoms with van der Waals surface area (Å²) >= 11 is 0. The van der Waals surface area contributed by atoms with Crippen LogP contribution < -0.4 is 4.74 Å². The molecule has 24 heavy (non-hydrogen) atoms. The molecule has 0 N–H and O–H groups in total. The van der Waals surface area contributed by atoms with Gasteiger partial charge in [0.05, 0.1) is 16.7 Å². The highest BCUT2D eigenvalue weighted by atomic mass is 17.5. The standard InChI is InChI=1S/C17H22O7/c1-12(2)20-15-10-8-13(9-11-15)16(18)22-24-23-17(19)21-14-6-4-3-5-7-14/h8-12,14H,3-7H2,1-2H3. The summed E-state index contributed by atoms with van der Waals surface area (Å²) in [7, 11) is 0. The molecule has 132 valence electrons. The summed E-state index contributed by atoms with van der Waals surface area (Å²) in [5, 5.41) is 4.19. The van der Waals surface area contributed by atoms with Crippen molar-refractivity contribution in [3.8, 4) is 5.75 Å². The molecule has 0 saturated heterocycles. The molecule has 1 aromatic rings. The van der Waals surface area contributed by atoms with Crippen molar-refractivity contribution in [3.63, 3.8) is 0 Å². The molecule has 0 spiro atoms. The lowest BCUT2D eigenvalue weighted by Gasteiger charge is -2.20. The normalized spacial score (nSPS) is 15.0. The SMILES string of the molecule is CC(C)Oc1ccc(C(=O)OOOC(=O)OC2CCCCC2)cc1. The van der Waals surface area contributed by atoms with Crippen LogP contribution in [0.1, 0.15) is 56.3 Å². The van der Waals surface area contributed by atoms with E-state index in [0.29, 0.717) is 5.75 Å². The molecule has 0 atom stereocenters. The van der Waals surface area contributed by atoms with E-state index in [1.807, 2.05) is 13.8 Å². The Balaban J connectivity index is 1.69. The molecule has 1 aromatic carbocycles. The summed E-state index contributed by atoms with van der Waals surface area (Å²) in [5.41, 5.74) is 0.232.